The van der Waals surface area contributed by atoms with Gasteiger partial charge in [0, 0.05) is 24.8 Å². The molecule has 2 aromatic rings. The summed E-state index contributed by atoms with van der Waals surface area (Å²) in [4.78, 5) is 20.7. The molecule has 0 aliphatic heterocycles. The Bertz CT molecular complexity index is 722. The van der Waals surface area contributed by atoms with Gasteiger partial charge in [0.1, 0.15) is 11.6 Å². The molecule has 0 fully saturated rings. The molecule has 0 atom stereocenters. The number of Topliss-reactive ketones (excluding diaryl/α,β-unsaturated/α-hetero) is 1. The summed E-state index contributed by atoms with van der Waals surface area (Å²) in [6, 6.07) is 7.07. The van der Waals surface area contributed by atoms with Crippen molar-refractivity contribution in [3.63, 3.8) is 0 Å². The highest BCUT2D eigenvalue weighted by molar-refractivity contribution is 6.28. The van der Waals surface area contributed by atoms with Crippen LogP contribution in [0.15, 0.2) is 24.3 Å². The van der Waals surface area contributed by atoms with E-state index in [0.717, 1.165) is 5.56 Å². The maximum atomic E-state index is 12.5. The lowest BCUT2D eigenvalue weighted by Gasteiger charge is -2.08. The van der Waals surface area contributed by atoms with Gasteiger partial charge in [-0.2, -0.15) is 0 Å². The monoisotopic (exact) mass is 349 g/mol. The van der Waals surface area contributed by atoms with Crippen molar-refractivity contribution in [2.24, 2.45) is 0 Å². The van der Waals surface area contributed by atoms with E-state index < -0.39 is 0 Å². The van der Waals surface area contributed by atoms with Crippen molar-refractivity contribution >= 4 is 23.2 Å². The molecule has 0 bridgehead atoms. The zero-order valence-electron chi connectivity index (χ0n) is 13.7. The summed E-state index contributed by atoms with van der Waals surface area (Å²) in [5.74, 6) is 1.10. The number of ketones is 1. The number of nitrogens with one attached hydrogen (secondary N) is 1. The van der Waals surface area contributed by atoms with Crippen molar-refractivity contribution in [3.8, 4) is 5.75 Å². The number of carbonyl (C=O) groups excluding carboxylic acids is 1. The average molecular weight is 350 g/mol. The van der Waals surface area contributed by atoms with Crippen LogP contribution in [0.25, 0.3) is 0 Å². The van der Waals surface area contributed by atoms with E-state index in [0.29, 0.717) is 35.8 Å². The van der Waals surface area contributed by atoms with Crippen LogP contribution in [0, 0.1) is 6.92 Å². The molecule has 0 amide bonds. The van der Waals surface area contributed by atoms with Gasteiger partial charge < -0.3 is 15.2 Å². The molecule has 0 spiro atoms. The molecule has 24 heavy (non-hydrogen) atoms. The van der Waals surface area contributed by atoms with Crippen LogP contribution in [-0.2, 0) is 6.42 Å². The Labute approximate surface area is 145 Å². The minimum Gasteiger partial charge on any atom is -0.497 e. The standard InChI is InChI=1S/C17H20ClN3O3/c1-11-6-12(8-14(7-11)24-2)15(23)9-13-10-16(19-4-3-5-22)21-17(18)20-13/h6-8,10,22H,3-5,9H2,1-2H3,(H,19,20,21). The highest BCUT2D eigenvalue weighted by Gasteiger charge is 2.12. The number of halogens is 1. The smallest absolute Gasteiger partial charge is 0.224 e. The van der Waals surface area contributed by atoms with E-state index >= 15 is 0 Å². The molecule has 0 unspecified atom stereocenters. The van der Waals surface area contributed by atoms with Crippen molar-refractivity contribution in [2.45, 2.75) is 19.8 Å². The van der Waals surface area contributed by atoms with Crippen LogP contribution in [0.4, 0.5) is 5.82 Å². The van der Waals surface area contributed by atoms with E-state index in [1.54, 1.807) is 19.2 Å². The quantitative estimate of drug-likeness (QED) is 0.433. The molecule has 6 nitrogen and oxygen atoms in total. The SMILES string of the molecule is COc1cc(C)cc(C(=O)Cc2cc(NCCCO)nc(Cl)n2)c1. The fraction of sp³-hybridized carbons (Fsp3) is 0.353. The Morgan fingerprint density at radius 2 is 2.08 bits per heavy atom. The van der Waals surface area contributed by atoms with Crippen LogP contribution in [0.3, 0.4) is 0 Å². The molecular formula is C17H20ClN3O3. The number of aryl methyl sites for hydroxylation is 1. The number of aliphatic hydroxyl groups excluding tert-OH is 1. The minimum atomic E-state index is -0.0759. The van der Waals surface area contributed by atoms with E-state index in [-0.39, 0.29) is 24.1 Å². The van der Waals surface area contributed by atoms with Crippen LogP contribution in [-0.4, -0.2) is 41.1 Å². The number of carbonyl (C=O) groups is 1. The Morgan fingerprint density at radius 3 is 2.79 bits per heavy atom. The van der Waals surface area contributed by atoms with E-state index in [9.17, 15) is 4.79 Å². The summed E-state index contributed by atoms with van der Waals surface area (Å²) in [6.45, 7) is 2.56. The molecule has 0 saturated carbocycles. The van der Waals surface area contributed by atoms with E-state index in [1.165, 1.54) is 0 Å². The number of anilines is 1. The van der Waals surface area contributed by atoms with Gasteiger partial charge in [0.15, 0.2) is 5.78 Å². The van der Waals surface area contributed by atoms with Gasteiger partial charge in [-0.15, -0.1) is 0 Å². The molecule has 1 heterocycles. The molecule has 128 valence electrons. The molecule has 2 N–H and O–H groups in total. The Balaban J connectivity index is 2.15. The number of hydrogen-bond acceptors (Lipinski definition) is 6. The van der Waals surface area contributed by atoms with Crippen molar-refractivity contribution < 1.29 is 14.6 Å². The third-order valence-corrected chi connectivity index (χ3v) is 3.51. The summed E-state index contributed by atoms with van der Waals surface area (Å²) in [6.07, 6.45) is 0.711. The third kappa shape index (κ3) is 5.18. The zero-order valence-corrected chi connectivity index (χ0v) is 14.4. The van der Waals surface area contributed by atoms with E-state index in [1.807, 2.05) is 19.1 Å². The van der Waals surface area contributed by atoms with Crippen LogP contribution >= 0.6 is 11.6 Å². The fourth-order valence-electron chi connectivity index (χ4n) is 2.24. The second-order valence-corrected chi connectivity index (χ2v) is 5.69. The van der Waals surface area contributed by atoms with Crippen molar-refractivity contribution in [2.75, 3.05) is 25.6 Å². The molecule has 0 saturated heterocycles. The lowest BCUT2D eigenvalue weighted by molar-refractivity contribution is 0.0991. The van der Waals surface area contributed by atoms with Crippen molar-refractivity contribution in [3.05, 3.63) is 46.4 Å². The third-order valence-electron chi connectivity index (χ3n) is 3.34. The number of aromatic nitrogens is 2. The number of methoxy groups -OCH3 is 1. The van der Waals surface area contributed by atoms with Gasteiger partial charge in [0.25, 0.3) is 0 Å². The van der Waals surface area contributed by atoms with Crippen LogP contribution < -0.4 is 10.1 Å². The first-order valence-corrected chi connectivity index (χ1v) is 7.96. The molecule has 0 aliphatic rings. The van der Waals surface area contributed by atoms with Gasteiger partial charge >= 0.3 is 0 Å². The second-order valence-electron chi connectivity index (χ2n) is 5.36. The molecule has 7 heteroatoms. The lowest BCUT2D eigenvalue weighted by atomic mass is 10.0. The summed E-state index contributed by atoms with van der Waals surface area (Å²) in [5, 5.41) is 11.9. The highest BCUT2D eigenvalue weighted by Crippen LogP contribution is 2.19. The van der Waals surface area contributed by atoms with Gasteiger partial charge in [0.2, 0.25) is 5.28 Å². The van der Waals surface area contributed by atoms with Gasteiger partial charge in [-0.1, -0.05) is 0 Å². The highest BCUT2D eigenvalue weighted by atomic mass is 35.5. The molecule has 0 radical (unpaired) electrons. The van der Waals surface area contributed by atoms with Crippen molar-refractivity contribution in [1.29, 1.82) is 0 Å². The number of rotatable bonds is 8. The van der Waals surface area contributed by atoms with Gasteiger partial charge in [0.05, 0.1) is 19.2 Å². The molecule has 1 aromatic carbocycles. The summed E-state index contributed by atoms with van der Waals surface area (Å²) < 4.78 is 5.20. The maximum absolute atomic E-state index is 12.5. The fourth-order valence-corrected chi connectivity index (χ4v) is 2.43. The molecule has 2 rings (SSSR count). The van der Waals surface area contributed by atoms with Gasteiger partial charge in [-0.25, -0.2) is 9.97 Å². The van der Waals surface area contributed by atoms with E-state index in [2.05, 4.69) is 15.3 Å². The predicted molar refractivity (Wildman–Crippen MR) is 93.0 cm³/mol. The number of benzene rings is 1. The topological polar surface area (TPSA) is 84.3 Å². The number of hydrogen-bond donors (Lipinski definition) is 2. The zero-order chi connectivity index (χ0) is 17.5. The predicted octanol–water partition coefficient (Wildman–Crippen LogP) is 2.67. The summed E-state index contributed by atoms with van der Waals surface area (Å²) >= 11 is 5.92. The Morgan fingerprint density at radius 1 is 1.29 bits per heavy atom. The Hall–Kier alpha value is -2.18. The summed E-state index contributed by atoms with van der Waals surface area (Å²) in [7, 11) is 1.57. The largest absolute Gasteiger partial charge is 0.497 e. The number of aliphatic hydroxyl groups is 1. The van der Waals surface area contributed by atoms with Crippen LogP contribution in [0.2, 0.25) is 5.28 Å². The maximum Gasteiger partial charge on any atom is 0.224 e. The van der Waals surface area contributed by atoms with Crippen LogP contribution in [0.1, 0.15) is 28.0 Å². The molecular weight excluding hydrogens is 330 g/mol. The minimum absolute atomic E-state index is 0.0759. The first-order valence-electron chi connectivity index (χ1n) is 7.59. The molecule has 1 aromatic heterocycles. The van der Waals surface area contributed by atoms with E-state index in [4.69, 9.17) is 21.4 Å². The molecule has 0 aliphatic carbocycles. The first kappa shape index (κ1) is 18.2. The number of ether oxygens (including phenoxy) is 1. The second kappa shape index (κ2) is 8.61. The summed E-state index contributed by atoms with van der Waals surface area (Å²) in [5.41, 5.74) is 2.05. The normalized spacial score (nSPS) is 10.5. The number of nitrogens with zero attached hydrogens (tertiary/aromatic N) is 2. The van der Waals surface area contributed by atoms with Gasteiger partial charge in [-0.3, -0.25) is 4.79 Å². The Kier molecular flexibility index (Phi) is 6.52. The van der Waals surface area contributed by atoms with Crippen molar-refractivity contribution in [1.82, 2.24) is 9.97 Å². The van der Waals surface area contributed by atoms with Crippen LogP contribution in [0.5, 0.6) is 5.75 Å². The first-order chi connectivity index (χ1) is 11.5. The lowest BCUT2D eigenvalue weighted by Crippen LogP contribution is -2.09. The van der Waals surface area contributed by atoms with Gasteiger partial charge in [-0.05, 0) is 48.7 Å². The average Bonchev–Trinajstić information content (AvgIpc) is 2.54.